The van der Waals surface area contributed by atoms with Gasteiger partial charge in [0, 0.05) is 33.0 Å². The quantitative estimate of drug-likeness (QED) is 0.167. The van der Waals surface area contributed by atoms with Gasteiger partial charge in [-0.25, -0.2) is 15.0 Å². The van der Waals surface area contributed by atoms with E-state index in [-0.39, 0.29) is 0 Å². The Kier molecular flexibility index (Phi) is 7.55. The lowest BCUT2D eigenvalue weighted by Crippen LogP contribution is -2.02. The Hall–Kier alpha value is -6.65. The topological polar surface area (TPSA) is 51.8 Å². The molecule has 9 rings (SSSR count). The van der Waals surface area contributed by atoms with Crippen LogP contribution in [-0.4, -0.2) is 15.0 Å². The minimum atomic E-state index is 0.599. The molecular weight excluding hydrogens is 623 g/mol. The summed E-state index contributed by atoms with van der Waals surface area (Å²) in [5.74, 6) is 1.85. The van der Waals surface area contributed by atoms with Crippen LogP contribution < -0.4 is 0 Å². The number of allylic oxidation sites excluding steroid dienone is 4. The van der Waals surface area contributed by atoms with Crippen molar-refractivity contribution in [3.63, 3.8) is 0 Å². The Morgan fingerprint density at radius 2 is 1.14 bits per heavy atom. The summed E-state index contributed by atoms with van der Waals surface area (Å²) in [5, 5.41) is 6.75. The minimum absolute atomic E-state index is 0.599. The van der Waals surface area contributed by atoms with Gasteiger partial charge in [0.05, 0.1) is 0 Å². The molecule has 4 nitrogen and oxygen atoms in total. The van der Waals surface area contributed by atoms with Gasteiger partial charge in [-0.1, -0.05) is 133 Å². The summed E-state index contributed by atoms with van der Waals surface area (Å²) in [7, 11) is 0. The van der Waals surface area contributed by atoms with Crippen molar-refractivity contribution in [2.45, 2.75) is 13.8 Å². The maximum atomic E-state index is 6.83. The van der Waals surface area contributed by atoms with Gasteiger partial charge in [-0.15, -0.1) is 0 Å². The van der Waals surface area contributed by atoms with E-state index < -0.39 is 0 Å². The molecule has 0 bridgehead atoms. The molecule has 0 amide bonds. The summed E-state index contributed by atoms with van der Waals surface area (Å²) in [4.78, 5) is 15.1. The summed E-state index contributed by atoms with van der Waals surface area (Å²) in [6, 6.07) is 51.0. The molecule has 0 N–H and O–H groups in total. The van der Waals surface area contributed by atoms with Gasteiger partial charge >= 0.3 is 0 Å². The summed E-state index contributed by atoms with van der Waals surface area (Å²) in [6.07, 6.45) is 6.08. The van der Waals surface area contributed by atoms with Crippen molar-refractivity contribution in [2.24, 2.45) is 0 Å². The molecule has 0 unspecified atom stereocenters. The zero-order chi connectivity index (χ0) is 34.3. The molecule has 0 aliphatic carbocycles. The molecule has 0 saturated carbocycles. The van der Waals surface area contributed by atoms with E-state index in [9.17, 15) is 0 Å². The van der Waals surface area contributed by atoms with Gasteiger partial charge in [0.25, 0.3) is 0 Å². The van der Waals surface area contributed by atoms with Gasteiger partial charge in [0.1, 0.15) is 11.2 Å². The molecule has 0 atom stereocenters. The second-order valence-corrected chi connectivity index (χ2v) is 12.7. The summed E-state index contributed by atoms with van der Waals surface area (Å²) < 4.78 is 6.83. The van der Waals surface area contributed by atoms with Crippen LogP contribution in [0.2, 0.25) is 0 Å². The van der Waals surface area contributed by atoms with Crippen molar-refractivity contribution < 1.29 is 4.42 Å². The number of aromatic nitrogens is 3. The van der Waals surface area contributed by atoms with Crippen LogP contribution in [0.3, 0.4) is 0 Å². The number of hydrogen-bond acceptors (Lipinski definition) is 4. The largest absolute Gasteiger partial charge is 0.455 e. The predicted octanol–water partition coefficient (Wildman–Crippen LogP) is 12.7. The van der Waals surface area contributed by atoms with Crippen molar-refractivity contribution in [1.29, 1.82) is 0 Å². The first kappa shape index (κ1) is 30.4. The zero-order valence-corrected chi connectivity index (χ0v) is 28.3. The third-order valence-corrected chi connectivity index (χ3v) is 9.59. The third-order valence-electron chi connectivity index (χ3n) is 9.59. The normalized spacial score (nSPS) is 12.2. The molecular formula is C47H33N3O. The molecule has 0 aliphatic rings. The Morgan fingerprint density at radius 3 is 1.88 bits per heavy atom. The van der Waals surface area contributed by atoms with Crippen LogP contribution in [-0.2, 0) is 0 Å². The Morgan fingerprint density at radius 1 is 0.510 bits per heavy atom. The Bertz CT molecular complexity index is 2810. The van der Waals surface area contributed by atoms with E-state index >= 15 is 0 Å². The van der Waals surface area contributed by atoms with Crippen molar-refractivity contribution in [3.05, 3.63) is 170 Å². The number of rotatable bonds is 6. The van der Waals surface area contributed by atoms with Gasteiger partial charge in [-0.05, 0) is 82.4 Å². The van der Waals surface area contributed by atoms with E-state index in [0.717, 1.165) is 60.5 Å². The molecule has 0 fully saturated rings. The van der Waals surface area contributed by atoms with Gasteiger partial charge in [-0.3, -0.25) is 0 Å². The molecule has 4 heteroatoms. The van der Waals surface area contributed by atoms with E-state index in [2.05, 4.69) is 115 Å². The molecule has 9 aromatic rings. The first-order valence-corrected chi connectivity index (χ1v) is 17.3. The van der Waals surface area contributed by atoms with Crippen LogP contribution in [0.5, 0.6) is 0 Å². The molecule has 242 valence electrons. The van der Waals surface area contributed by atoms with E-state index in [0.29, 0.717) is 17.5 Å². The average Bonchev–Trinajstić information content (AvgIpc) is 3.57. The van der Waals surface area contributed by atoms with Gasteiger partial charge in [-0.2, -0.15) is 0 Å². The maximum absolute atomic E-state index is 6.83. The molecule has 0 spiro atoms. The molecule has 0 radical (unpaired) electrons. The monoisotopic (exact) mass is 655 g/mol. The lowest BCUT2D eigenvalue weighted by Gasteiger charge is -2.11. The van der Waals surface area contributed by atoms with Crippen molar-refractivity contribution in [3.8, 4) is 45.0 Å². The highest BCUT2D eigenvalue weighted by Gasteiger charge is 2.21. The molecule has 2 heterocycles. The second-order valence-electron chi connectivity index (χ2n) is 12.7. The van der Waals surface area contributed by atoms with E-state index in [1.54, 1.807) is 0 Å². The molecule has 0 saturated heterocycles. The smallest absolute Gasteiger partial charge is 0.164 e. The van der Waals surface area contributed by atoms with Gasteiger partial charge in [0.15, 0.2) is 17.5 Å². The Balaban J connectivity index is 1.26. The highest BCUT2D eigenvalue weighted by atomic mass is 16.3. The van der Waals surface area contributed by atoms with E-state index in [4.69, 9.17) is 19.4 Å². The minimum Gasteiger partial charge on any atom is -0.455 e. The van der Waals surface area contributed by atoms with Crippen LogP contribution in [0.4, 0.5) is 0 Å². The second kappa shape index (κ2) is 12.7. The third kappa shape index (κ3) is 5.48. The number of benzene rings is 7. The summed E-state index contributed by atoms with van der Waals surface area (Å²) >= 11 is 0. The number of fused-ring (bicyclic) bond motifs is 5. The van der Waals surface area contributed by atoms with Crippen LogP contribution >= 0.6 is 0 Å². The number of furan rings is 1. The molecule has 51 heavy (non-hydrogen) atoms. The first-order valence-electron chi connectivity index (χ1n) is 17.3. The number of hydrogen-bond donors (Lipinski definition) is 0. The Labute approximate surface area is 296 Å². The highest BCUT2D eigenvalue weighted by molar-refractivity contribution is 6.18. The van der Waals surface area contributed by atoms with Gasteiger partial charge in [0.2, 0.25) is 0 Å². The lowest BCUT2D eigenvalue weighted by molar-refractivity contribution is 0.670. The fourth-order valence-electron chi connectivity index (χ4n) is 7.01. The van der Waals surface area contributed by atoms with E-state index in [1.807, 2.05) is 62.4 Å². The maximum Gasteiger partial charge on any atom is 0.164 e. The van der Waals surface area contributed by atoms with Crippen LogP contribution in [0, 0.1) is 0 Å². The standard InChI is InChI=1S/C47H33N3O/c1-3-12-30(4-2)45-48-46(34-14-6-5-7-15-34)50-47(49-45)40-26-25-39(44-43(40)41-28-36-17-10-11-18-37(36)29-42(41)51-44)33-22-19-32(20-23-33)38-24-21-31-13-8-9-16-35(31)27-38/h3-29H,1-2H3/b12-3-,30-4+. The first-order chi connectivity index (χ1) is 25.2. The summed E-state index contributed by atoms with van der Waals surface area (Å²) in [5.41, 5.74) is 8.83. The van der Waals surface area contributed by atoms with Crippen LogP contribution in [0.15, 0.2) is 168 Å². The highest BCUT2D eigenvalue weighted by Crippen LogP contribution is 2.43. The van der Waals surface area contributed by atoms with Crippen LogP contribution in [0.25, 0.3) is 94.1 Å². The fraction of sp³-hybridized carbons (Fsp3) is 0.0426. The zero-order valence-electron chi connectivity index (χ0n) is 28.3. The molecule has 2 aromatic heterocycles. The fourth-order valence-corrected chi connectivity index (χ4v) is 7.01. The average molecular weight is 656 g/mol. The summed E-state index contributed by atoms with van der Waals surface area (Å²) in [6.45, 7) is 4.01. The van der Waals surface area contributed by atoms with Crippen molar-refractivity contribution in [2.75, 3.05) is 0 Å². The lowest BCUT2D eigenvalue weighted by atomic mass is 9.95. The molecule has 7 aromatic carbocycles. The predicted molar refractivity (Wildman–Crippen MR) is 212 cm³/mol. The van der Waals surface area contributed by atoms with Gasteiger partial charge < -0.3 is 4.42 Å². The van der Waals surface area contributed by atoms with Crippen molar-refractivity contribution in [1.82, 2.24) is 15.0 Å². The molecule has 0 aliphatic heterocycles. The van der Waals surface area contributed by atoms with Crippen LogP contribution in [0.1, 0.15) is 19.7 Å². The van der Waals surface area contributed by atoms with E-state index in [1.165, 1.54) is 21.9 Å². The number of nitrogens with zero attached hydrogens (tertiary/aromatic N) is 3. The van der Waals surface area contributed by atoms with Crippen molar-refractivity contribution >= 4 is 49.1 Å². The SMILES string of the molecule is C/C=C\C(=C/C)c1nc(-c2ccccc2)nc(-c2ccc(-c3ccc(-c4ccc5ccccc5c4)cc3)c3oc4cc5ccccc5cc4c23)n1.